The maximum atomic E-state index is 14.9. The molecule has 0 saturated carbocycles. The zero-order chi connectivity index (χ0) is 28.3. The van der Waals surface area contributed by atoms with Gasteiger partial charge in [0.15, 0.2) is 9.84 Å². The second kappa shape index (κ2) is 11.7. The van der Waals surface area contributed by atoms with Crippen LogP contribution in [0.3, 0.4) is 0 Å². The number of carbonyl (C=O) groups excluding carboxylic acids is 1. The number of sulfone groups is 1. The summed E-state index contributed by atoms with van der Waals surface area (Å²) in [5, 5.41) is 0. The third-order valence-corrected chi connectivity index (χ3v) is 7.74. The maximum Gasteiger partial charge on any atom is 0.261 e. The number of piperazine rings is 1. The Morgan fingerprint density at radius 2 is 1.62 bits per heavy atom. The van der Waals surface area contributed by atoms with Crippen LogP contribution in [-0.2, 0) is 14.6 Å². The monoisotopic (exact) mass is 564 g/mol. The van der Waals surface area contributed by atoms with Gasteiger partial charge < -0.3 is 14.5 Å². The van der Waals surface area contributed by atoms with Crippen LogP contribution in [0.25, 0.3) is 11.1 Å². The molecule has 0 radical (unpaired) electrons. The zero-order valence-corrected chi connectivity index (χ0v) is 22.2. The molecule has 208 valence electrons. The van der Waals surface area contributed by atoms with E-state index in [0.29, 0.717) is 24.3 Å². The Labute approximate surface area is 224 Å². The zero-order valence-electron chi connectivity index (χ0n) is 21.4. The molecule has 11 heteroatoms. The van der Waals surface area contributed by atoms with Crippen molar-refractivity contribution in [1.29, 1.82) is 0 Å². The van der Waals surface area contributed by atoms with E-state index in [1.807, 2.05) is 0 Å². The van der Waals surface area contributed by atoms with Gasteiger partial charge in [-0.3, -0.25) is 4.79 Å². The lowest BCUT2D eigenvalue weighted by Crippen LogP contribution is -2.49. The van der Waals surface area contributed by atoms with Crippen LogP contribution in [0.2, 0.25) is 0 Å². The van der Waals surface area contributed by atoms with Gasteiger partial charge >= 0.3 is 0 Å². The van der Waals surface area contributed by atoms with Crippen LogP contribution in [0, 0.1) is 11.6 Å². The molecule has 4 rings (SSSR count). The highest BCUT2D eigenvalue weighted by molar-refractivity contribution is 7.90. The molecular formula is C28H28F4N2O4S. The van der Waals surface area contributed by atoms with Gasteiger partial charge in [-0.05, 0) is 48.4 Å². The van der Waals surface area contributed by atoms with Crippen LogP contribution in [0.1, 0.15) is 28.9 Å². The number of rotatable bonds is 8. The van der Waals surface area contributed by atoms with E-state index < -0.39 is 46.5 Å². The quantitative estimate of drug-likeness (QED) is 0.346. The SMILES string of the molecule is CC(OCC(F)F)c1ccc(N2CCN(C(=O)c3cc(S(C)(=O)=O)ccc3-c3ccccc3F)CC2)c(F)c1. The Kier molecular flexibility index (Phi) is 8.60. The summed E-state index contributed by atoms with van der Waals surface area (Å²) in [7, 11) is -3.63. The van der Waals surface area contributed by atoms with Gasteiger partial charge in [-0.2, -0.15) is 0 Å². The second-order valence-electron chi connectivity index (χ2n) is 9.32. The van der Waals surface area contributed by atoms with Gasteiger partial charge in [0.25, 0.3) is 12.3 Å². The Morgan fingerprint density at radius 3 is 2.23 bits per heavy atom. The lowest BCUT2D eigenvalue weighted by Gasteiger charge is -2.36. The molecular weight excluding hydrogens is 536 g/mol. The smallest absolute Gasteiger partial charge is 0.261 e. The Hall–Kier alpha value is -3.44. The highest BCUT2D eigenvalue weighted by atomic mass is 32.2. The molecule has 0 aromatic heterocycles. The summed E-state index contributed by atoms with van der Waals surface area (Å²) < 4.78 is 83.8. The van der Waals surface area contributed by atoms with E-state index in [-0.39, 0.29) is 34.7 Å². The number of nitrogens with zero attached hydrogens (tertiary/aromatic N) is 2. The summed E-state index contributed by atoms with van der Waals surface area (Å²) >= 11 is 0. The van der Waals surface area contributed by atoms with Crippen molar-refractivity contribution in [2.75, 3.05) is 43.9 Å². The first-order chi connectivity index (χ1) is 18.5. The number of amides is 1. The Balaban J connectivity index is 1.53. The minimum absolute atomic E-state index is 0.0570. The number of alkyl halides is 2. The molecule has 1 aliphatic rings. The van der Waals surface area contributed by atoms with Gasteiger partial charge in [0.05, 0.1) is 16.7 Å². The second-order valence-corrected chi connectivity index (χ2v) is 11.3. The van der Waals surface area contributed by atoms with Crippen LogP contribution >= 0.6 is 0 Å². The van der Waals surface area contributed by atoms with E-state index >= 15 is 0 Å². The first kappa shape index (κ1) is 28.6. The van der Waals surface area contributed by atoms with E-state index in [2.05, 4.69) is 0 Å². The van der Waals surface area contributed by atoms with E-state index in [9.17, 15) is 30.8 Å². The van der Waals surface area contributed by atoms with Gasteiger partial charge in [-0.25, -0.2) is 26.0 Å². The predicted octanol–water partition coefficient (Wildman–Crippen LogP) is 5.34. The van der Waals surface area contributed by atoms with Crippen molar-refractivity contribution < 1.29 is 35.5 Å². The number of benzene rings is 3. The van der Waals surface area contributed by atoms with Crippen LogP contribution in [-0.4, -0.2) is 64.7 Å². The van der Waals surface area contributed by atoms with Crippen molar-refractivity contribution in [3.8, 4) is 11.1 Å². The van der Waals surface area contributed by atoms with Crippen molar-refractivity contribution in [1.82, 2.24) is 4.90 Å². The lowest BCUT2D eigenvalue weighted by molar-refractivity contribution is -0.0182. The van der Waals surface area contributed by atoms with Gasteiger partial charge in [-0.1, -0.05) is 30.3 Å². The summed E-state index contributed by atoms with van der Waals surface area (Å²) in [6.45, 7) is 1.84. The van der Waals surface area contributed by atoms with E-state index in [0.717, 1.165) is 6.26 Å². The highest BCUT2D eigenvalue weighted by Gasteiger charge is 2.27. The van der Waals surface area contributed by atoms with Crippen LogP contribution in [0.15, 0.2) is 65.6 Å². The van der Waals surface area contributed by atoms with Crippen molar-refractivity contribution in [3.63, 3.8) is 0 Å². The van der Waals surface area contributed by atoms with Crippen molar-refractivity contribution in [3.05, 3.63) is 83.4 Å². The molecule has 1 heterocycles. The summed E-state index contributed by atoms with van der Waals surface area (Å²) in [6.07, 6.45) is -2.29. The van der Waals surface area contributed by atoms with Gasteiger partial charge in [-0.15, -0.1) is 0 Å². The van der Waals surface area contributed by atoms with E-state index in [1.165, 1.54) is 47.4 Å². The van der Waals surface area contributed by atoms with Crippen LogP contribution in [0.4, 0.5) is 23.2 Å². The van der Waals surface area contributed by atoms with Gasteiger partial charge in [0, 0.05) is 43.6 Å². The van der Waals surface area contributed by atoms with Crippen molar-refractivity contribution in [2.24, 2.45) is 0 Å². The van der Waals surface area contributed by atoms with E-state index in [4.69, 9.17) is 4.74 Å². The number of halogens is 4. The fourth-order valence-corrected chi connectivity index (χ4v) is 5.16. The van der Waals surface area contributed by atoms with Crippen molar-refractivity contribution in [2.45, 2.75) is 24.3 Å². The predicted molar refractivity (Wildman–Crippen MR) is 140 cm³/mol. The third-order valence-electron chi connectivity index (χ3n) is 6.63. The molecule has 0 N–H and O–H groups in total. The third kappa shape index (κ3) is 6.59. The van der Waals surface area contributed by atoms with Crippen LogP contribution in [0.5, 0.6) is 0 Å². The number of hydrogen-bond acceptors (Lipinski definition) is 5. The largest absolute Gasteiger partial charge is 0.368 e. The topological polar surface area (TPSA) is 66.9 Å². The first-order valence-electron chi connectivity index (χ1n) is 12.3. The average Bonchev–Trinajstić information content (AvgIpc) is 2.91. The average molecular weight is 565 g/mol. The number of carbonyl (C=O) groups is 1. The fraction of sp³-hybridized carbons (Fsp3) is 0.321. The van der Waals surface area contributed by atoms with Gasteiger partial charge in [0.2, 0.25) is 0 Å². The minimum Gasteiger partial charge on any atom is -0.368 e. The molecule has 6 nitrogen and oxygen atoms in total. The Bertz CT molecular complexity index is 1460. The van der Waals surface area contributed by atoms with Crippen LogP contribution < -0.4 is 4.90 Å². The molecule has 1 amide bonds. The normalized spacial score (nSPS) is 15.1. The summed E-state index contributed by atoms with van der Waals surface area (Å²) in [6, 6.07) is 14.4. The maximum absolute atomic E-state index is 14.9. The number of ether oxygens (including phenoxy) is 1. The molecule has 3 aromatic carbocycles. The standard InChI is InChI=1S/C28H28F4N2O4S/c1-18(38-17-27(31)32)19-7-10-26(25(30)15-19)33-11-13-34(14-12-33)28(35)23-16-20(39(2,36)37)8-9-21(23)22-5-3-4-6-24(22)29/h3-10,15-16,18,27H,11-14,17H2,1-2H3. The molecule has 3 aromatic rings. The van der Waals surface area contributed by atoms with E-state index in [1.54, 1.807) is 30.0 Å². The molecule has 1 atom stereocenters. The molecule has 0 bridgehead atoms. The lowest BCUT2D eigenvalue weighted by atomic mass is 9.98. The Morgan fingerprint density at radius 1 is 0.923 bits per heavy atom. The molecule has 1 aliphatic heterocycles. The minimum atomic E-state index is -3.63. The summed E-state index contributed by atoms with van der Waals surface area (Å²) in [5.74, 6) is -1.54. The molecule has 1 saturated heterocycles. The molecule has 0 spiro atoms. The molecule has 1 fully saturated rings. The van der Waals surface area contributed by atoms with Crippen molar-refractivity contribution >= 4 is 21.4 Å². The summed E-state index contributed by atoms with van der Waals surface area (Å²) in [5.41, 5.74) is 1.24. The number of hydrogen-bond donors (Lipinski definition) is 0. The molecule has 39 heavy (non-hydrogen) atoms. The molecule has 0 aliphatic carbocycles. The summed E-state index contributed by atoms with van der Waals surface area (Å²) in [4.78, 5) is 16.8. The first-order valence-corrected chi connectivity index (χ1v) is 14.2. The van der Waals surface area contributed by atoms with Gasteiger partial charge in [0.1, 0.15) is 18.2 Å². The number of anilines is 1. The fourth-order valence-electron chi connectivity index (χ4n) is 4.51. The highest BCUT2D eigenvalue weighted by Crippen LogP contribution is 2.31. The molecule has 1 unspecified atom stereocenters.